The number of carbonyl (C=O) groups is 1. The molecule has 7 nitrogen and oxygen atoms in total. The van der Waals surface area contributed by atoms with Crippen LogP contribution < -0.4 is 0 Å². The molecular formula is C10H20O7Si. The van der Waals surface area contributed by atoms with Crippen molar-refractivity contribution in [2.45, 2.75) is 12.5 Å². The Balaban J connectivity index is 3.80. The van der Waals surface area contributed by atoms with Crippen LogP contribution in [-0.2, 0) is 22.8 Å². The number of aliphatic carboxylic acids is 1. The third-order valence-electron chi connectivity index (χ3n) is 2.32. The number of aliphatic hydroxyl groups excluding tert-OH is 1. The molecule has 0 radical (unpaired) electrons. The quantitative estimate of drug-likeness (QED) is 0.264. The molecule has 0 amide bonds. The lowest BCUT2D eigenvalue weighted by Crippen LogP contribution is -2.42. The fraction of sp³-hybridized carbons (Fsp3) is 0.700. The van der Waals surface area contributed by atoms with E-state index in [-0.39, 0.29) is 6.61 Å². The first-order valence-electron chi connectivity index (χ1n) is 5.37. The molecule has 0 atom stereocenters. The van der Waals surface area contributed by atoms with Gasteiger partial charge in [0.2, 0.25) is 0 Å². The van der Waals surface area contributed by atoms with Crippen molar-refractivity contribution >= 4 is 14.8 Å². The van der Waals surface area contributed by atoms with Gasteiger partial charge in [0, 0.05) is 34.0 Å². The zero-order chi connectivity index (χ0) is 14.0. The number of rotatable bonds is 10. The molecule has 0 unspecified atom stereocenters. The molecule has 2 N–H and O–H groups in total. The van der Waals surface area contributed by atoms with Crippen LogP contribution in [0.5, 0.6) is 0 Å². The van der Waals surface area contributed by atoms with Crippen molar-refractivity contribution in [3.05, 3.63) is 11.8 Å². The summed E-state index contributed by atoms with van der Waals surface area (Å²) in [6.45, 7) is 0.438. The van der Waals surface area contributed by atoms with E-state index in [1.54, 1.807) is 0 Å². The molecule has 0 fully saturated rings. The molecule has 8 heteroatoms. The van der Waals surface area contributed by atoms with E-state index in [0.717, 1.165) is 6.08 Å². The highest BCUT2D eigenvalue weighted by atomic mass is 28.4. The maximum absolute atomic E-state index is 10.2. The molecular weight excluding hydrogens is 260 g/mol. The molecule has 0 saturated heterocycles. The van der Waals surface area contributed by atoms with E-state index in [1.165, 1.54) is 21.3 Å². The maximum Gasteiger partial charge on any atom is 0.500 e. The summed E-state index contributed by atoms with van der Waals surface area (Å²) >= 11 is 0. The number of ether oxygens (including phenoxy) is 1. The van der Waals surface area contributed by atoms with Gasteiger partial charge in [0.15, 0.2) is 5.76 Å². The average molecular weight is 280 g/mol. The third kappa shape index (κ3) is 6.12. The molecule has 0 heterocycles. The van der Waals surface area contributed by atoms with Crippen molar-refractivity contribution < 1.29 is 33.0 Å². The Labute approximate surface area is 107 Å². The number of carboxylic acids is 1. The summed E-state index contributed by atoms with van der Waals surface area (Å²) in [4.78, 5) is 10.2. The van der Waals surface area contributed by atoms with Crippen molar-refractivity contribution in [1.82, 2.24) is 0 Å². The van der Waals surface area contributed by atoms with E-state index in [2.05, 4.69) is 0 Å². The third-order valence-corrected chi connectivity index (χ3v) is 5.15. The zero-order valence-corrected chi connectivity index (χ0v) is 11.8. The first-order valence-corrected chi connectivity index (χ1v) is 7.30. The fourth-order valence-corrected chi connectivity index (χ4v) is 2.95. The Bertz CT molecular complexity index is 267. The van der Waals surface area contributed by atoms with Gasteiger partial charge < -0.3 is 28.2 Å². The number of hydrogen-bond donors (Lipinski definition) is 2. The molecule has 0 aliphatic carbocycles. The van der Waals surface area contributed by atoms with Gasteiger partial charge in [0.25, 0.3) is 0 Å². The van der Waals surface area contributed by atoms with Gasteiger partial charge in [-0.2, -0.15) is 0 Å². The molecule has 0 rings (SSSR count). The minimum Gasteiger partial charge on any atom is -0.502 e. The monoisotopic (exact) mass is 280 g/mol. The summed E-state index contributed by atoms with van der Waals surface area (Å²) in [7, 11) is 2.05. The minimum atomic E-state index is -2.56. The summed E-state index contributed by atoms with van der Waals surface area (Å²) in [6, 6.07) is 0.602. The lowest BCUT2D eigenvalue weighted by molar-refractivity contribution is -0.135. The van der Waals surface area contributed by atoms with Crippen LogP contribution in [0.4, 0.5) is 0 Å². The Morgan fingerprint density at radius 2 is 1.72 bits per heavy atom. The summed E-state index contributed by atoms with van der Waals surface area (Å²) in [5, 5.41) is 17.2. The highest BCUT2D eigenvalue weighted by Crippen LogP contribution is 2.14. The van der Waals surface area contributed by atoms with Crippen molar-refractivity contribution in [2.24, 2.45) is 0 Å². The van der Waals surface area contributed by atoms with Gasteiger partial charge in [-0.05, 0) is 12.5 Å². The van der Waals surface area contributed by atoms with Gasteiger partial charge in [0.05, 0.1) is 6.61 Å². The number of hydrogen-bond acceptors (Lipinski definition) is 6. The molecule has 106 valence electrons. The first-order chi connectivity index (χ1) is 8.51. The number of carboxylic acid groups (broad SMARTS) is 1. The van der Waals surface area contributed by atoms with E-state index in [9.17, 15) is 4.79 Å². The van der Waals surface area contributed by atoms with Gasteiger partial charge in [-0.15, -0.1) is 0 Å². The van der Waals surface area contributed by atoms with Crippen molar-refractivity contribution in [2.75, 3.05) is 34.5 Å². The minimum absolute atomic E-state index is 0.0413. The molecule has 0 saturated carbocycles. The Morgan fingerprint density at radius 3 is 2.17 bits per heavy atom. The van der Waals surface area contributed by atoms with Gasteiger partial charge in [-0.1, -0.05) is 0 Å². The van der Waals surface area contributed by atoms with Crippen molar-refractivity contribution in [1.29, 1.82) is 0 Å². The Kier molecular flexibility index (Phi) is 8.59. The van der Waals surface area contributed by atoms with E-state index in [0.29, 0.717) is 19.1 Å². The second-order valence-corrected chi connectivity index (χ2v) is 6.46. The molecule has 0 aromatic rings. The van der Waals surface area contributed by atoms with Gasteiger partial charge in [-0.3, -0.25) is 0 Å². The van der Waals surface area contributed by atoms with Crippen LogP contribution in [-0.4, -0.2) is 59.5 Å². The first kappa shape index (κ1) is 17.1. The summed E-state index contributed by atoms with van der Waals surface area (Å²) in [6.07, 6.45) is 1.75. The summed E-state index contributed by atoms with van der Waals surface area (Å²) in [5.74, 6) is -2.09. The lowest BCUT2D eigenvalue weighted by atomic mass is 10.4. The topological polar surface area (TPSA) is 94.5 Å². The van der Waals surface area contributed by atoms with Gasteiger partial charge in [0.1, 0.15) is 0 Å². The predicted molar refractivity (Wildman–Crippen MR) is 65.4 cm³/mol. The number of aliphatic hydroxyl groups is 1. The van der Waals surface area contributed by atoms with Crippen LogP contribution in [0, 0.1) is 0 Å². The average Bonchev–Trinajstić information content (AvgIpc) is 2.38. The molecule has 0 aliphatic heterocycles. The van der Waals surface area contributed by atoms with Crippen LogP contribution in [0.15, 0.2) is 11.8 Å². The van der Waals surface area contributed by atoms with Gasteiger partial charge in [-0.25, -0.2) is 4.79 Å². The molecule has 0 spiro atoms. The summed E-state index contributed by atoms with van der Waals surface area (Å²) < 4.78 is 20.8. The Morgan fingerprint density at radius 1 is 1.17 bits per heavy atom. The van der Waals surface area contributed by atoms with E-state index in [4.69, 9.17) is 28.2 Å². The van der Waals surface area contributed by atoms with Gasteiger partial charge >= 0.3 is 14.8 Å². The largest absolute Gasteiger partial charge is 0.502 e. The zero-order valence-electron chi connectivity index (χ0n) is 10.8. The SMILES string of the molecule is CO[Si](CCCOCC=C(O)C(=O)O)(OC)OC. The van der Waals surface area contributed by atoms with Crippen LogP contribution in [0.2, 0.25) is 6.04 Å². The van der Waals surface area contributed by atoms with E-state index >= 15 is 0 Å². The highest BCUT2D eigenvalue weighted by Gasteiger charge is 2.36. The van der Waals surface area contributed by atoms with Crippen LogP contribution in [0.3, 0.4) is 0 Å². The second-order valence-electron chi connectivity index (χ2n) is 3.37. The lowest BCUT2D eigenvalue weighted by Gasteiger charge is -2.24. The summed E-state index contributed by atoms with van der Waals surface area (Å²) in [5.41, 5.74) is 0. The normalized spacial score (nSPS) is 12.7. The maximum atomic E-state index is 10.2. The standard InChI is InChI=1S/C10H20O7Si/c1-14-18(15-2,16-3)8-4-6-17-7-5-9(11)10(12)13/h5,11H,4,6-8H2,1-3H3,(H,12,13). The van der Waals surface area contributed by atoms with E-state index in [1.807, 2.05) is 0 Å². The highest BCUT2D eigenvalue weighted by molar-refractivity contribution is 6.60. The van der Waals surface area contributed by atoms with Crippen LogP contribution >= 0.6 is 0 Å². The van der Waals surface area contributed by atoms with Crippen molar-refractivity contribution in [3.8, 4) is 0 Å². The molecule has 0 aromatic carbocycles. The Hall–Kier alpha value is -0.933. The van der Waals surface area contributed by atoms with Crippen LogP contribution in [0.25, 0.3) is 0 Å². The molecule has 18 heavy (non-hydrogen) atoms. The molecule has 0 bridgehead atoms. The van der Waals surface area contributed by atoms with Crippen LogP contribution in [0.1, 0.15) is 6.42 Å². The fourth-order valence-electron chi connectivity index (χ4n) is 1.26. The molecule has 0 aromatic heterocycles. The van der Waals surface area contributed by atoms with Crippen molar-refractivity contribution in [3.63, 3.8) is 0 Å². The second kappa shape index (κ2) is 9.06. The smallest absolute Gasteiger partial charge is 0.500 e. The molecule has 0 aliphatic rings. The predicted octanol–water partition coefficient (Wildman–Crippen LogP) is 0.798. The van der Waals surface area contributed by atoms with E-state index < -0.39 is 20.5 Å².